The Morgan fingerprint density at radius 2 is 1.92 bits per heavy atom. The molecule has 26 heavy (non-hydrogen) atoms. The van der Waals surface area contributed by atoms with Gasteiger partial charge >= 0.3 is 6.09 Å². The topological polar surface area (TPSA) is 49.9 Å². The lowest BCUT2D eigenvalue weighted by atomic mass is 10.0. The number of nitrogens with zero attached hydrogens (tertiary/aromatic N) is 2. The molecule has 1 amide bonds. The SMILES string of the molecule is C=C/C=C(\C=C/C)S(=O)N1CCSC12CCN(C(=O)OC(C)(C)C)CC2. The van der Waals surface area contributed by atoms with E-state index in [-0.39, 0.29) is 11.0 Å². The minimum Gasteiger partial charge on any atom is -0.444 e. The summed E-state index contributed by atoms with van der Waals surface area (Å²) in [6.07, 6.45) is 8.58. The predicted molar refractivity (Wildman–Crippen MR) is 110 cm³/mol. The van der Waals surface area contributed by atoms with Gasteiger partial charge in [-0.15, -0.1) is 11.8 Å². The van der Waals surface area contributed by atoms with Crippen LogP contribution < -0.4 is 0 Å². The van der Waals surface area contributed by atoms with E-state index in [4.69, 9.17) is 4.74 Å². The van der Waals surface area contributed by atoms with Gasteiger partial charge in [-0.1, -0.05) is 18.7 Å². The number of hydrogen-bond donors (Lipinski definition) is 0. The zero-order valence-corrected chi connectivity index (χ0v) is 17.8. The molecule has 1 unspecified atom stereocenters. The highest BCUT2D eigenvalue weighted by Gasteiger charge is 2.48. The van der Waals surface area contributed by atoms with E-state index in [1.807, 2.05) is 57.7 Å². The number of allylic oxidation sites excluding steroid dienone is 4. The Kier molecular flexibility index (Phi) is 7.16. The fraction of sp³-hybridized carbons (Fsp3) is 0.632. The van der Waals surface area contributed by atoms with Gasteiger partial charge in [-0.3, -0.25) is 0 Å². The number of carbonyl (C=O) groups is 1. The van der Waals surface area contributed by atoms with Gasteiger partial charge in [0.25, 0.3) is 0 Å². The van der Waals surface area contributed by atoms with Crippen molar-refractivity contribution in [2.45, 2.75) is 51.0 Å². The summed E-state index contributed by atoms with van der Waals surface area (Å²) in [7, 11) is -1.23. The van der Waals surface area contributed by atoms with Crippen LogP contribution >= 0.6 is 11.8 Å². The van der Waals surface area contributed by atoms with E-state index in [1.165, 1.54) is 0 Å². The van der Waals surface area contributed by atoms with Crippen LogP contribution in [-0.2, 0) is 15.7 Å². The van der Waals surface area contributed by atoms with Crippen LogP contribution in [0.4, 0.5) is 4.79 Å². The predicted octanol–water partition coefficient (Wildman–Crippen LogP) is 4.07. The van der Waals surface area contributed by atoms with E-state index in [2.05, 4.69) is 10.9 Å². The first-order valence-electron chi connectivity index (χ1n) is 8.99. The average molecular weight is 399 g/mol. The molecule has 0 saturated carbocycles. The first-order valence-corrected chi connectivity index (χ1v) is 11.1. The number of amides is 1. The summed E-state index contributed by atoms with van der Waals surface area (Å²) in [6.45, 7) is 13.3. The van der Waals surface area contributed by atoms with Crippen LogP contribution in [0.2, 0.25) is 0 Å². The second kappa shape index (κ2) is 8.76. The summed E-state index contributed by atoms with van der Waals surface area (Å²) in [4.78, 5) is 14.7. The Hall–Kier alpha value is -1.05. The molecule has 2 aliphatic rings. The molecule has 0 aromatic rings. The van der Waals surface area contributed by atoms with E-state index in [0.717, 1.165) is 30.0 Å². The maximum atomic E-state index is 13.2. The van der Waals surface area contributed by atoms with Crippen molar-refractivity contribution < 1.29 is 13.7 Å². The van der Waals surface area contributed by atoms with Gasteiger partial charge in [0, 0.05) is 25.4 Å². The highest BCUT2D eigenvalue weighted by Crippen LogP contribution is 2.45. The summed E-state index contributed by atoms with van der Waals surface area (Å²) in [6, 6.07) is 0. The highest BCUT2D eigenvalue weighted by atomic mass is 32.2. The van der Waals surface area contributed by atoms with E-state index < -0.39 is 16.6 Å². The molecule has 0 bridgehead atoms. The Bertz CT molecular complexity index is 615. The van der Waals surface area contributed by atoms with Gasteiger partial charge in [0.2, 0.25) is 0 Å². The first-order chi connectivity index (χ1) is 12.2. The maximum Gasteiger partial charge on any atom is 0.410 e. The van der Waals surface area contributed by atoms with Crippen molar-refractivity contribution in [2.75, 3.05) is 25.4 Å². The molecule has 2 rings (SSSR count). The lowest BCUT2D eigenvalue weighted by Crippen LogP contribution is -2.53. The number of piperidine rings is 1. The van der Waals surface area contributed by atoms with Crippen molar-refractivity contribution in [2.24, 2.45) is 0 Å². The fourth-order valence-electron chi connectivity index (χ4n) is 3.17. The molecule has 0 aromatic carbocycles. The standard InChI is InChI=1S/C19H30N2O3S2/c1-6-8-16(9-7-2)26(23)21-14-15-25-19(21)10-12-20(13-11-19)17(22)24-18(3,4)5/h6-9H,1,10-15H2,2-5H3/b9-7-,16-8+. The molecule has 5 nitrogen and oxygen atoms in total. The second-order valence-corrected chi connectivity index (χ2v) is 10.3. The number of hydrogen-bond acceptors (Lipinski definition) is 4. The summed E-state index contributed by atoms with van der Waals surface area (Å²) in [5.74, 6) is 0.954. The first kappa shape index (κ1) is 21.3. The van der Waals surface area contributed by atoms with Crippen LogP contribution in [0.3, 0.4) is 0 Å². The van der Waals surface area contributed by atoms with E-state index in [9.17, 15) is 9.00 Å². The number of thioether (sulfide) groups is 1. The molecule has 2 saturated heterocycles. The number of ether oxygens (including phenoxy) is 1. The Morgan fingerprint density at radius 3 is 2.46 bits per heavy atom. The molecule has 0 radical (unpaired) electrons. The van der Waals surface area contributed by atoms with Gasteiger partial charge in [-0.25, -0.2) is 13.3 Å². The molecule has 2 aliphatic heterocycles. The maximum absolute atomic E-state index is 13.2. The molecule has 0 aromatic heterocycles. The molecule has 7 heteroatoms. The van der Waals surface area contributed by atoms with Crippen LogP contribution in [0.1, 0.15) is 40.5 Å². The van der Waals surface area contributed by atoms with Crippen LogP contribution in [-0.4, -0.2) is 55.4 Å². The molecular formula is C19H30N2O3S2. The van der Waals surface area contributed by atoms with Gasteiger partial charge < -0.3 is 9.64 Å². The van der Waals surface area contributed by atoms with Gasteiger partial charge in [-0.2, -0.15) is 0 Å². The quantitative estimate of drug-likeness (QED) is 0.670. The highest BCUT2D eigenvalue weighted by molar-refractivity contribution is 8.01. The molecular weight excluding hydrogens is 368 g/mol. The minimum atomic E-state index is -1.23. The average Bonchev–Trinajstić information content (AvgIpc) is 2.96. The van der Waals surface area contributed by atoms with E-state index in [0.29, 0.717) is 13.1 Å². The molecule has 2 heterocycles. The van der Waals surface area contributed by atoms with Gasteiger partial charge in [0.15, 0.2) is 0 Å². The Balaban J connectivity index is 2.08. The summed E-state index contributed by atoms with van der Waals surface area (Å²) >= 11 is 1.86. The normalized spacial score (nSPS) is 22.8. The largest absolute Gasteiger partial charge is 0.444 e. The summed E-state index contributed by atoms with van der Waals surface area (Å²) in [5.41, 5.74) is -0.487. The third-order valence-corrected chi connectivity index (χ3v) is 7.61. The van der Waals surface area contributed by atoms with Gasteiger partial charge in [-0.05, 0) is 52.7 Å². The smallest absolute Gasteiger partial charge is 0.410 e. The zero-order chi connectivity index (χ0) is 19.4. The van der Waals surface area contributed by atoms with Crippen LogP contribution in [0.15, 0.2) is 35.8 Å². The van der Waals surface area contributed by atoms with Crippen molar-refractivity contribution in [3.05, 3.63) is 35.8 Å². The van der Waals surface area contributed by atoms with Gasteiger partial charge in [0.1, 0.15) is 16.6 Å². The molecule has 146 valence electrons. The van der Waals surface area contributed by atoms with Crippen molar-refractivity contribution in [1.82, 2.24) is 9.21 Å². The fourth-order valence-corrected chi connectivity index (χ4v) is 6.47. The molecule has 0 aliphatic carbocycles. The number of carbonyl (C=O) groups excluding carboxylic acids is 1. The van der Waals surface area contributed by atoms with Crippen LogP contribution in [0.25, 0.3) is 0 Å². The third-order valence-electron chi connectivity index (χ3n) is 4.33. The molecule has 1 spiro atoms. The summed E-state index contributed by atoms with van der Waals surface area (Å²) < 4.78 is 20.7. The van der Waals surface area contributed by atoms with Crippen LogP contribution in [0.5, 0.6) is 0 Å². The monoisotopic (exact) mass is 398 g/mol. The van der Waals surface area contributed by atoms with Gasteiger partial charge in [0.05, 0.1) is 9.78 Å². The zero-order valence-electron chi connectivity index (χ0n) is 16.2. The number of rotatable bonds is 4. The molecule has 0 N–H and O–H groups in total. The Morgan fingerprint density at radius 1 is 1.27 bits per heavy atom. The second-order valence-electron chi connectivity index (χ2n) is 7.42. The van der Waals surface area contributed by atoms with Crippen molar-refractivity contribution in [3.8, 4) is 0 Å². The minimum absolute atomic E-state index is 0.175. The summed E-state index contributed by atoms with van der Waals surface area (Å²) in [5, 5.41) is 0. The van der Waals surface area contributed by atoms with Crippen LogP contribution in [0, 0.1) is 0 Å². The van der Waals surface area contributed by atoms with E-state index >= 15 is 0 Å². The van der Waals surface area contributed by atoms with Crippen molar-refractivity contribution >= 4 is 28.8 Å². The molecule has 2 fully saturated rings. The lowest BCUT2D eigenvalue weighted by molar-refractivity contribution is 0.0168. The third kappa shape index (κ3) is 5.02. The lowest BCUT2D eigenvalue weighted by Gasteiger charge is -2.43. The van der Waals surface area contributed by atoms with E-state index in [1.54, 1.807) is 11.0 Å². The van der Waals surface area contributed by atoms with Crippen molar-refractivity contribution in [3.63, 3.8) is 0 Å². The van der Waals surface area contributed by atoms with Crippen molar-refractivity contribution in [1.29, 1.82) is 0 Å². The number of likely N-dealkylation sites (tertiary alicyclic amines) is 1. The Labute approximate surface area is 164 Å². The molecule has 1 atom stereocenters.